The highest BCUT2D eigenvalue weighted by molar-refractivity contribution is 5.85. The Morgan fingerprint density at radius 2 is 1.46 bits per heavy atom. The third kappa shape index (κ3) is 6.27. The standard InChI is InChI=1S/C32H43NO2/c1-22-17-24(21-25(18-22)31(3,4)5)26-13-10-11-14-28(26)33(15-12-16-35-9)29-20-23(2)19-27(30(29)34)32(6,7)8/h10-11,13-14,17-21,34H,12,15-16H2,1-9H3. The van der Waals surface area contributed by atoms with E-state index in [4.69, 9.17) is 4.74 Å². The second-order valence-corrected chi connectivity index (χ2v) is 11.8. The van der Waals surface area contributed by atoms with E-state index in [0.29, 0.717) is 12.4 Å². The van der Waals surface area contributed by atoms with Crippen molar-refractivity contribution in [3.63, 3.8) is 0 Å². The summed E-state index contributed by atoms with van der Waals surface area (Å²) in [5.74, 6) is 0.356. The average molecular weight is 474 g/mol. The Bertz CT molecular complexity index is 1170. The van der Waals surface area contributed by atoms with Gasteiger partial charge in [-0.3, -0.25) is 0 Å². The molecule has 0 saturated carbocycles. The fourth-order valence-corrected chi connectivity index (χ4v) is 4.60. The van der Waals surface area contributed by atoms with Crippen LogP contribution in [0.2, 0.25) is 0 Å². The van der Waals surface area contributed by atoms with Crippen molar-refractivity contribution in [3.05, 3.63) is 76.9 Å². The molecule has 188 valence electrons. The molecule has 3 nitrogen and oxygen atoms in total. The van der Waals surface area contributed by atoms with Crippen LogP contribution in [0.4, 0.5) is 11.4 Å². The Balaban J connectivity index is 2.25. The van der Waals surface area contributed by atoms with Crippen LogP contribution in [0, 0.1) is 13.8 Å². The minimum Gasteiger partial charge on any atom is -0.505 e. The van der Waals surface area contributed by atoms with E-state index in [0.717, 1.165) is 41.0 Å². The molecule has 0 fully saturated rings. The highest BCUT2D eigenvalue weighted by atomic mass is 16.5. The summed E-state index contributed by atoms with van der Waals surface area (Å²) in [5, 5.41) is 11.5. The molecule has 3 aromatic rings. The SMILES string of the molecule is COCCCN(c1ccccc1-c1cc(C)cc(C(C)(C)C)c1)c1cc(C)cc(C(C)(C)C)c1O. The van der Waals surface area contributed by atoms with Gasteiger partial charge in [-0.15, -0.1) is 0 Å². The molecule has 0 bridgehead atoms. The van der Waals surface area contributed by atoms with E-state index in [1.165, 1.54) is 16.7 Å². The van der Waals surface area contributed by atoms with Crippen LogP contribution in [-0.2, 0) is 15.6 Å². The predicted molar refractivity (Wildman–Crippen MR) is 150 cm³/mol. The molecule has 0 atom stereocenters. The topological polar surface area (TPSA) is 32.7 Å². The number of methoxy groups -OCH3 is 1. The van der Waals surface area contributed by atoms with E-state index < -0.39 is 0 Å². The quantitative estimate of drug-likeness (QED) is 0.349. The van der Waals surface area contributed by atoms with E-state index in [9.17, 15) is 5.11 Å². The Morgan fingerprint density at radius 1 is 0.800 bits per heavy atom. The maximum Gasteiger partial charge on any atom is 0.142 e. The number of phenols is 1. The van der Waals surface area contributed by atoms with Gasteiger partial charge in [0.2, 0.25) is 0 Å². The number of hydrogen-bond donors (Lipinski definition) is 1. The second-order valence-electron chi connectivity index (χ2n) is 11.8. The lowest BCUT2D eigenvalue weighted by Gasteiger charge is -2.31. The molecule has 0 radical (unpaired) electrons. The molecular formula is C32H43NO2. The number of phenolic OH excluding ortho intramolecular Hbond substituents is 1. The molecule has 0 spiro atoms. The van der Waals surface area contributed by atoms with Gasteiger partial charge in [-0.1, -0.05) is 89.6 Å². The van der Waals surface area contributed by atoms with Crippen molar-refractivity contribution in [2.45, 2.75) is 72.6 Å². The summed E-state index contributed by atoms with van der Waals surface area (Å²) >= 11 is 0. The number of anilines is 2. The fourth-order valence-electron chi connectivity index (χ4n) is 4.60. The van der Waals surface area contributed by atoms with E-state index >= 15 is 0 Å². The smallest absolute Gasteiger partial charge is 0.142 e. The van der Waals surface area contributed by atoms with Gasteiger partial charge in [0.15, 0.2) is 0 Å². The molecule has 0 aromatic heterocycles. The predicted octanol–water partition coefficient (Wildman–Crippen LogP) is 8.45. The Kier molecular flexibility index (Phi) is 8.01. The Morgan fingerprint density at radius 3 is 2.09 bits per heavy atom. The zero-order chi connectivity index (χ0) is 26.0. The summed E-state index contributed by atoms with van der Waals surface area (Å²) in [7, 11) is 1.74. The molecule has 35 heavy (non-hydrogen) atoms. The number of para-hydroxylation sites is 1. The van der Waals surface area contributed by atoms with Gasteiger partial charge in [0.05, 0.1) is 5.69 Å². The lowest BCUT2D eigenvalue weighted by Crippen LogP contribution is -2.22. The monoisotopic (exact) mass is 473 g/mol. The summed E-state index contributed by atoms with van der Waals surface area (Å²) in [6, 6.07) is 19.6. The maximum absolute atomic E-state index is 11.5. The van der Waals surface area contributed by atoms with Crippen LogP contribution >= 0.6 is 0 Å². The van der Waals surface area contributed by atoms with E-state index in [1.54, 1.807) is 7.11 Å². The van der Waals surface area contributed by atoms with Gasteiger partial charge >= 0.3 is 0 Å². The molecule has 3 heteroatoms. The molecule has 0 aliphatic rings. The van der Waals surface area contributed by atoms with Crippen LogP contribution in [-0.4, -0.2) is 25.4 Å². The molecule has 0 aliphatic carbocycles. The van der Waals surface area contributed by atoms with Gasteiger partial charge in [0.1, 0.15) is 5.75 Å². The molecule has 0 saturated heterocycles. The first-order valence-electron chi connectivity index (χ1n) is 12.6. The highest BCUT2D eigenvalue weighted by Crippen LogP contribution is 2.44. The van der Waals surface area contributed by atoms with Gasteiger partial charge in [-0.05, 0) is 59.9 Å². The van der Waals surface area contributed by atoms with Crippen molar-refractivity contribution < 1.29 is 9.84 Å². The molecular weight excluding hydrogens is 430 g/mol. The Labute approximate surface area is 212 Å². The fraction of sp³-hybridized carbons (Fsp3) is 0.438. The molecule has 3 rings (SSSR count). The lowest BCUT2D eigenvalue weighted by atomic mass is 9.84. The molecule has 0 aliphatic heterocycles. The van der Waals surface area contributed by atoms with Crippen LogP contribution in [0.15, 0.2) is 54.6 Å². The number of aryl methyl sites for hydroxylation is 2. The first-order chi connectivity index (χ1) is 16.3. The second kappa shape index (κ2) is 10.5. The number of rotatable bonds is 7. The first-order valence-corrected chi connectivity index (χ1v) is 12.6. The van der Waals surface area contributed by atoms with Crippen LogP contribution in [0.5, 0.6) is 5.75 Å². The van der Waals surface area contributed by atoms with E-state index in [2.05, 4.69) is 115 Å². The molecule has 3 aromatic carbocycles. The molecule has 0 heterocycles. The number of hydrogen-bond acceptors (Lipinski definition) is 3. The van der Waals surface area contributed by atoms with Crippen LogP contribution in [0.3, 0.4) is 0 Å². The van der Waals surface area contributed by atoms with Crippen molar-refractivity contribution in [2.75, 3.05) is 25.2 Å². The zero-order valence-corrected chi connectivity index (χ0v) is 23.1. The van der Waals surface area contributed by atoms with Gasteiger partial charge < -0.3 is 14.7 Å². The minimum absolute atomic E-state index is 0.0598. The van der Waals surface area contributed by atoms with Crippen LogP contribution in [0.25, 0.3) is 11.1 Å². The van der Waals surface area contributed by atoms with Crippen molar-refractivity contribution in [2.24, 2.45) is 0 Å². The maximum atomic E-state index is 11.5. The normalized spacial score (nSPS) is 12.1. The number of nitrogens with zero attached hydrogens (tertiary/aromatic N) is 1. The van der Waals surface area contributed by atoms with Crippen molar-refractivity contribution in [3.8, 4) is 16.9 Å². The highest BCUT2D eigenvalue weighted by Gasteiger charge is 2.25. The summed E-state index contributed by atoms with van der Waals surface area (Å²) in [4.78, 5) is 2.27. The van der Waals surface area contributed by atoms with Gasteiger partial charge in [-0.25, -0.2) is 0 Å². The number of ether oxygens (including phenoxy) is 1. The third-order valence-corrected chi connectivity index (χ3v) is 6.51. The van der Waals surface area contributed by atoms with E-state index in [1.807, 2.05) is 0 Å². The molecule has 0 unspecified atom stereocenters. The number of benzene rings is 3. The number of aromatic hydroxyl groups is 1. The first kappa shape index (κ1) is 26.8. The summed E-state index contributed by atoms with van der Waals surface area (Å²) in [6.07, 6.45) is 0.851. The van der Waals surface area contributed by atoms with Gasteiger partial charge in [-0.2, -0.15) is 0 Å². The van der Waals surface area contributed by atoms with Crippen LogP contribution < -0.4 is 4.90 Å². The summed E-state index contributed by atoms with van der Waals surface area (Å²) < 4.78 is 5.39. The van der Waals surface area contributed by atoms with Gasteiger partial charge in [0, 0.05) is 37.1 Å². The van der Waals surface area contributed by atoms with Crippen molar-refractivity contribution in [1.82, 2.24) is 0 Å². The Hall–Kier alpha value is -2.78. The summed E-state index contributed by atoms with van der Waals surface area (Å²) in [6.45, 7) is 18.9. The third-order valence-electron chi connectivity index (χ3n) is 6.51. The minimum atomic E-state index is -0.166. The molecule has 1 N–H and O–H groups in total. The zero-order valence-electron chi connectivity index (χ0n) is 23.1. The van der Waals surface area contributed by atoms with Gasteiger partial charge in [0.25, 0.3) is 0 Å². The largest absolute Gasteiger partial charge is 0.505 e. The lowest BCUT2D eigenvalue weighted by molar-refractivity contribution is 0.196. The summed E-state index contributed by atoms with van der Waals surface area (Å²) in [5.41, 5.74) is 8.88. The average Bonchev–Trinajstić information content (AvgIpc) is 2.77. The van der Waals surface area contributed by atoms with Crippen molar-refractivity contribution in [1.29, 1.82) is 0 Å². The van der Waals surface area contributed by atoms with E-state index in [-0.39, 0.29) is 10.8 Å². The van der Waals surface area contributed by atoms with Crippen molar-refractivity contribution >= 4 is 11.4 Å². The molecule has 0 amide bonds. The van der Waals surface area contributed by atoms with Crippen LogP contribution in [0.1, 0.15) is 70.2 Å².